The van der Waals surface area contributed by atoms with Gasteiger partial charge in [0.1, 0.15) is 0 Å². The fraction of sp³-hybridized carbons (Fsp3) is 0.500. The van der Waals surface area contributed by atoms with Gasteiger partial charge in [0.15, 0.2) is 0 Å². The predicted molar refractivity (Wildman–Crippen MR) is 85.8 cm³/mol. The van der Waals surface area contributed by atoms with Crippen molar-refractivity contribution < 1.29 is 13.2 Å². The zero-order chi connectivity index (χ0) is 15.6. The van der Waals surface area contributed by atoms with Crippen molar-refractivity contribution in [1.82, 2.24) is 9.62 Å². The molecule has 1 fully saturated rings. The molecule has 116 valence electrons. The van der Waals surface area contributed by atoms with E-state index in [1.54, 1.807) is 4.90 Å². The number of sulfonamides is 1. The largest absolute Gasteiger partial charge is 0.337 e. The molecule has 1 N–H and O–H groups in total. The van der Waals surface area contributed by atoms with Gasteiger partial charge in [-0.2, -0.15) is 0 Å². The van der Waals surface area contributed by atoms with Gasteiger partial charge in [0.2, 0.25) is 10.0 Å². The summed E-state index contributed by atoms with van der Waals surface area (Å²) in [4.78, 5) is 14.3. The van der Waals surface area contributed by atoms with Gasteiger partial charge in [0, 0.05) is 23.6 Å². The molecule has 21 heavy (non-hydrogen) atoms. The number of benzene rings is 1. The summed E-state index contributed by atoms with van der Waals surface area (Å²) < 4.78 is 26.0. The van der Waals surface area contributed by atoms with Crippen LogP contribution in [-0.2, 0) is 10.0 Å². The Morgan fingerprint density at radius 3 is 2.81 bits per heavy atom. The Morgan fingerprint density at radius 2 is 2.14 bits per heavy atom. The van der Waals surface area contributed by atoms with Gasteiger partial charge in [-0.05, 0) is 47.8 Å². The van der Waals surface area contributed by atoms with Gasteiger partial charge >= 0.3 is 0 Å². The average Bonchev–Trinajstić information content (AvgIpc) is 2.39. The lowest BCUT2D eigenvalue weighted by Gasteiger charge is -2.33. The van der Waals surface area contributed by atoms with Crippen molar-refractivity contribution in [2.75, 3.05) is 19.3 Å². The molecule has 1 saturated heterocycles. The minimum Gasteiger partial charge on any atom is -0.337 e. The Kier molecular flexibility index (Phi) is 5.06. The molecule has 0 saturated carbocycles. The van der Waals surface area contributed by atoms with Crippen molar-refractivity contribution >= 4 is 31.9 Å². The Labute approximate surface area is 133 Å². The Balaban J connectivity index is 2.14. The minimum absolute atomic E-state index is 0.0643. The molecule has 0 spiro atoms. The van der Waals surface area contributed by atoms with Crippen LogP contribution >= 0.6 is 15.9 Å². The molecule has 0 bridgehead atoms. The van der Waals surface area contributed by atoms with Crippen LogP contribution < -0.4 is 4.72 Å². The third-order valence-corrected chi connectivity index (χ3v) is 4.89. The smallest absolute Gasteiger partial charge is 0.255 e. The normalized spacial score (nSPS) is 19.6. The summed E-state index contributed by atoms with van der Waals surface area (Å²) in [5, 5.41) is 0. The topological polar surface area (TPSA) is 66.5 Å². The van der Waals surface area contributed by atoms with Crippen LogP contribution in [-0.4, -0.2) is 44.6 Å². The zero-order valence-electron chi connectivity index (χ0n) is 12.1. The van der Waals surface area contributed by atoms with Crippen LogP contribution in [0.4, 0.5) is 0 Å². The molecule has 5 nitrogen and oxygen atoms in total. The first-order valence-electron chi connectivity index (χ1n) is 6.79. The van der Waals surface area contributed by atoms with Crippen molar-refractivity contribution in [1.29, 1.82) is 0 Å². The van der Waals surface area contributed by atoms with E-state index in [0.29, 0.717) is 18.7 Å². The van der Waals surface area contributed by atoms with Crippen molar-refractivity contribution in [2.24, 2.45) is 0 Å². The van der Waals surface area contributed by atoms with E-state index < -0.39 is 10.0 Å². The lowest BCUT2D eigenvalue weighted by molar-refractivity contribution is 0.0702. The second kappa shape index (κ2) is 6.46. The maximum Gasteiger partial charge on any atom is 0.255 e. The summed E-state index contributed by atoms with van der Waals surface area (Å²) in [6.45, 7) is 3.00. The van der Waals surface area contributed by atoms with E-state index in [-0.39, 0.29) is 11.9 Å². The highest BCUT2D eigenvalue weighted by Gasteiger charge is 2.27. The lowest BCUT2D eigenvalue weighted by Crippen LogP contribution is -2.49. The summed E-state index contributed by atoms with van der Waals surface area (Å²) >= 11 is 3.40. The van der Waals surface area contributed by atoms with E-state index in [2.05, 4.69) is 20.7 Å². The molecule has 7 heteroatoms. The number of nitrogens with zero attached hydrogens (tertiary/aromatic N) is 1. The molecule has 1 aromatic rings. The highest BCUT2D eigenvalue weighted by molar-refractivity contribution is 9.10. The second-order valence-electron chi connectivity index (χ2n) is 5.46. The van der Waals surface area contributed by atoms with Crippen LogP contribution in [0.5, 0.6) is 0 Å². The highest BCUT2D eigenvalue weighted by atomic mass is 79.9. The SMILES string of the molecule is Cc1ccc(Br)c(C(=O)N2CCCC(NS(C)(=O)=O)C2)c1. The summed E-state index contributed by atoms with van der Waals surface area (Å²) in [7, 11) is -3.25. The van der Waals surface area contributed by atoms with Crippen molar-refractivity contribution in [3.8, 4) is 0 Å². The van der Waals surface area contributed by atoms with Gasteiger partial charge in [-0.15, -0.1) is 0 Å². The predicted octanol–water partition coefficient (Wildman–Crippen LogP) is 1.91. The molecule has 2 rings (SSSR count). The van der Waals surface area contributed by atoms with Crippen LogP contribution in [0.2, 0.25) is 0 Å². The first-order chi connectivity index (χ1) is 9.76. The number of halogens is 1. The van der Waals surface area contributed by atoms with Crippen molar-refractivity contribution in [3.05, 3.63) is 33.8 Å². The van der Waals surface area contributed by atoms with Gasteiger partial charge in [-0.1, -0.05) is 11.6 Å². The summed E-state index contributed by atoms with van der Waals surface area (Å²) in [5.74, 6) is -0.0643. The monoisotopic (exact) mass is 374 g/mol. The molecule has 1 atom stereocenters. The maximum absolute atomic E-state index is 12.6. The molecule has 1 amide bonds. The van der Waals surface area contributed by atoms with Crippen molar-refractivity contribution in [3.63, 3.8) is 0 Å². The summed E-state index contributed by atoms with van der Waals surface area (Å²) in [5.41, 5.74) is 1.64. The van der Waals surface area contributed by atoms with Gasteiger partial charge < -0.3 is 4.90 Å². The molecule has 0 aromatic heterocycles. The van der Waals surface area contributed by atoms with E-state index in [1.165, 1.54) is 0 Å². The number of nitrogens with one attached hydrogen (secondary N) is 1. The van der Waals surface area contributed by atoms with E-state index in [4.69, 9.17) is 0 Å². The number of amides is 1. The second-order valence-corrected chi connectivity index (χ2v) is 8.10. The molecule has 1 aliphatic heterocycles. The third-order valence-electron chi connectivity index (χ3n) is 3.44. The fourth-order valence-electron chi connectivity index (χ4n) is 2.53. The van der Waals surface area contributed by atoms with Crippen molar-refractivity contribution in [2.45, 2.75) is 25.8 Å². The molecule has 1 aromatic carbocycles. The number of carbonyl (C=O) groups is 1. The first-order valence-corrected chi connectivity index (χ1v) is 9.47. The first kappa shape index (κ1) is 16.5. The molecular formula is C14H19BrN2O3S. The maximum atomic E-state index is 12.6. The number of likely N-dealkylation sites (tertiary alicyclic amines) is 1. The van der Waals surface area contributed by atoms with Crippen LogP contribution in [0.15, 0.2) is 22.7 Å². The van der Waals surface area contributed by atoms with Gasteiger partial charge in [-0.25, -0.2) is 13.1 Å². The molecule has 1 aliphatic rings. The molecule has 1 heterocycles. The Hall–Kier alpha value is -0.920. The van der Waals surface area contributed by atoms with E-state index in [9.17, 15) is 13.2 Å². The number of hydrogen-bond donors (Lipinski definition) is 1. The van der Waals surface area contributed by atoms with E-state index >= 15 is 0 Å². The Bertz CT molecular complexity index is 646. The quantitative estimate of drug-likeness (QED) is 0.878. The molecular weight excluding hydrogens is 356 g/mol. The van der Waals surface area contributed by atoms with Crippen LogP contribution in [0.1, 0.15) is 28.8 Å². The van der Waals surface area contributed by atoms with E-state index in [1.807, 2.05) is 25.1 Å². The van der Waals surface area contributed by atoms with Gasteiger partial charge in [0.05, 0.1) is 11.8 Å². The number of rotatable bonds is 3. The van der Waals surface area contributed by atoms with Crippen LogP contribution in [0.25, 0.3) is 0 Å². The lowest BCUT2D eigenvalue weighted by atomic mass is 10.0. The van der Waals surface area contributed by atoms with Crippen LogP contribution in [0.3, 0.4) is 0 Å². The number of piperidine rings is 1. The summed E-state index contributed by atoms with van der Waals surface area (Å²) in [6.07, 6.45) is 2.69. The highest BCUT2D eigenvalue weighted by Crippen LogP contribution is 2.22. The van der Waals surface area contributed by atoms with Crippen LogP contribution in [0, 0.1) is 6.92 Å². The van der Waals surface area contributed by atoms with Gasteiger partial charge in [-0.3, -0.25) is 4.79 Å². The van der Waals surface area contributed by atoms with Gasteiger partial charge in [0.25, 0.3) is 5.91 Å². The fourth-order valence-corrected chi connectivity index (χ4v) is 3.75. The van der Waals surface area contributed by atoms with E-state index in [0.717, 1.165) is 29.1 Å². The average molecular weight is 375 g/mol. The molecule has 0 radical (unpaired) electrons. The molecule has 0 aliphatic carbocycles. The third kappa shape index (κ3) is 4.52. The Morgan fingerprint density at radius 1 is 1.43 bits per heavy atom. The molecule has 1 unspecified atom stereocenters. The minimum atomic E-state index is -3.25. The zero-order valence-corrected chi connectivity index (χ0v) is 14.5. The number of aryl methyl sites for hydroxylation is 1. The number of hydrogen-bond acceptors (Lipinski definition) is 3. The standard InChI is InChI=1S/C14H19BrN2O3S/c1-10-5-6-13(15)12(8-10)14(18)17-7-3-4-11(9-17)16-21(2,19)20/h5-6,8,11,16H,3-4,7,9H2,1-2H3. The number of carbonyl (C=O) groups excluding carboxylic acids is 1. The summed E-state index contributed by atoms with van der Waals surface area (Å²) in [6, 6.07) is 5.44.